The van der Waals surface area contributed by atoms with Crippen LogP contribution in [0.15, 0.2) is 66.7 Å². The zero-order chi connectivity index (χ0) is 24.0. The first-order chi connectivity index (χ1) is 17.6. The van der Waals surface area contributed by atoms with Gasteiger partial charge in [-0.25, -0.2) is 0 Å². The normalized spacial score (nSPS) is 12.6. The van der Waals surface area contributed by atoms with Crippen molar-refractivity contribution in [3.8, 4) is 20.9 Å². The molecule has 8 rings (SSSR count). The van der Waals surface area contributed by atoms with E-state index in [0.717, 1.165) is 0 Å². The van der Waals surface area contributed by atoms with E-state index in [9.17, 15) is 0 Å². The van der Waals surface area contributed by atoms with Gasteiger partial charge < -0.3 is 0 Å². The van der Waals surface area contributed by atoms with Gasteiger partial charge in [0.15, 0.2) is 0 Å². The molecule has 2 aromatic carbocycles. The molecule has 0 unspecified atom stereocenters. The summed E-state index contributed by atoms with van der Waals surface area (Å²) in [7, 11) is 0. The van der Waals surface area contributed by atoms with E-state index in [2.05, 4.69) is 86.7 Å². The molecule has 174 valence electrons. The third-order valence-corrected chi connectivity index (χ3v) is 13.6. The molecule has 0 spiro atoms. The standard InChI is InChI=1S/C30H18S6/c1-3-4-18-12-26-28(32-18)14-22(34-26)17-6-8-20-24(11-17)36-29-19-7-5-16(10-23(19)35-30(20)29)21-13-27-25(33-21)9-15(2)31-27/h3-14H,1-2H3. The van der Waals surface area contributed by atoms with Crippen LogP contribution in [0.1, 0.15) is 16.7 Å². The molecule has 6 aromatic heterocycles. The van der Waals surface area contributed by atoms with Crippen molar-refractivity contribution in [3.05, 3.63) is 76.5 Å². The number of hydrogen-bond donors (Lipinski definition) is 0. The molecular formula is C30H18S6. The van der Waals surface area contributed by atoms with Crippen LogP contribution in [0.25, 0.3) is 75.3 Å². The lowest BCUT2D eigenvalue weighted by molar-refractivity contribution is 1.66. The highest BCUT2D eigenvalue weighted by Crippen LogP contribution is 2.48. The minimum Gasteiger partial charge on any atom is -0.140 e. The van der Waals surface area contributed by atoms with Crippen LogP contribution in [-0.4, -0.2) is 0 Å². The van der Waals surface area contributed by atoms with E-state index in [4.69, 9.17) is 0 Å². The molecule has 0 N–H and O–H groups in total. The predicted octanol–water partition coefficient (Wildman–Crippen LogP) is 12.5. The molecule has 0 fully saturated rings. The first kappa shape index (κ1) is 21.7. The Kier molecular flexibility index (Phi) is 4.88. The maximum atomic E-state index is 2.40. The van der Waals surface area contributed by atoms with Crippen LogP contribution in [0, 0.1) is 6.92 Å². The average Bonchev–Trinajstić information content (AvgIpc) is 3.66. The zero-order valence-corrected chi connectivity index (χ0v) is 24.3. The summed E-state index contributed by atoms with van der Waals surface area (Å²) in [6, 6.07) is 23.5. The maximum absolute atomic E-state index is 2.40. The van der Waals surface area contributed by atoms with Gasteiger partial charge in [0.25, 0.3) is 0 Å². The number of aryl methyl sites for hydroxylation is 1. The summed E-state index contributed by atoms with van der Waals surface area (Å²) < 4.78 is 11.2. The van der Waals surface area contributed by atoms with Crippen molar-refractivity contribution in [3.63, 3.8) is 0 Å². The predicted molar refractivity (Wildman–Crippen MR) is 172 cm³/mol. The molecule has 6 heterocycles. The first-order valence-electron chi connectivity index (χ1n) is 11.7. The van der Waals surface area contributed by atoms with Gasteiger partial charge in [-0.1, -0.05) is 30.3 Å². The number of thiophene rings is 6. The highest BCUT2D eigenvalue weighted by Gasteiger charge is 2.15. The monoisotopic (exact) mass is 570 g/mol. The van der Waals surface area contributed by atoms with Crippen molar-refractivity contribution in [1.82, 2.24) is 0 Å². The van der Waals surface area contributed by atoms with Gasteiger partial charge in [-0.2, -0.15) is 0 Å². The van der Waals surface area contributed by atoms with E-state index in [0.29, 0.717) is 0 Å². The lowest BCUT2D eigenvalue weighted by Gasteiger charge is -1.99. The van der Waals surface area contributed by atoms with Crippen molar-refractivity contribution in [2.24, 2.45) is 0 Å². The summed E-state index contributed by atoms with van der Waals surface area (Å²) >= 11 is 11.5. The van der Waals surface area contributed by atoms with E-state index in [1.54, 1.807) is 0 Å². The second kappa shape index (κ2) is 8.09. The molecule has 0 aliphatic carbocycles. The SMILES string of the molecule is CC=Cc1cc2sc(-c3ccc4c(c3)sc3c5ccc(-c6cc7sc(C)cc7s6)cc5sc43)cc2s1. The molecule has 36 heavy (non-hydrogen) atoms. The average molecular weight is 571 g/mol. The van der Waals surface area contributed by atoms with Crippen LogP contribution >= 0.6 is 68.0 Å². The molecule has 0 saturated carbocycles. The molecule has 0 amide bonds. The highest BCUT2D eigenvalue weighted by molar-refractivity contribution is 7.36. The number of hydrogen-bond acceptors (Lipinski definition) is 6. The first-order valence-corrected chi connectivity index (χ1v) is 16.6. The van der Waals surface area contributed by atoms with Crippen molar-refractivity contribution in [1.29, 1.82) is 0 Å². The molecule has 0 aliphatic heterocycles. The number of allylic oxidation sites excluding steroid dienone is 1. The summed E-state index contributed by atoms with van der Waals surface area (Å²) in [6.07, 6.45) is 4.31. The van der Waals surface area contributed by atoms with Gasteiger partial charge >= 0.3 is 0 Å². The largest absolute Gasteiger partial charge is 0.140 e. The minimum absolute atomic E-state index is 1.33. The third kappa shape index (κ3) is 3.33. The molecule has 8 aromatic rings. The number of benzene rings is 2. The van der Waals surface area contributed by atoms with Gasteiger partial charge in [-0.3, -0.25) is 0 Å². The summed E-state index contributed by atoms with van der Waals surface area (Å²) in [4.78, 5) is 5.47. The highest BCUT2D eigenvalue weighted by atomic mass is 32.1. The van der Waals surface area contributed by atoms with Crippen molar-refractivity contribution in [2.45, 2.75) is 13.8 Å². The van der Waals surface area contributed by atoms with E-state index >= 15 is 0 Å². The van der Waals surface area contributed by atoms with Gasteiger partial charge in [0.1, 0.15) is 0 Å². The third-order valence-electron chi connectivity index (χ3n) is 6.54. The molecule has 0 bridgehead atoms. The number of rotatable bonds is 3. The second-order valence-electron chi connectivity index (χ2n) is 8.97. The van der Waals surface area contributed by atoms with Gasteiger partial charge in [0, 0.05) is 58.5 Å². The van der Waals surface area contributed by atoms with Crippen LogP contribution in [0.5, 0.6) is 0 Å². The van der Waals surface area contributed by atoms with Crippen LogP contribution in [0.2, 0.25) is 0 Å². The molecule has 6 heteroatoms. The molecule has 0 radical (unpaired) electrons. The Morgan fingerprint density at radius 2 is 1.08 bits per heavy atom. The summed E-state index contributed by atoms with van der Waals surface area (Å²) in [5, 5.41) is 2.78. The molecule has 0 atom stereocenters. The van der Waals surface area contributed by atoms with Crippen molar-refractivity contribution < 1.29 is 0 Å². The van der Waals surface area contributed by atoms with Gasteiger partial charge in [0.05, 0.1) is 9.40 Å². The van der Waals surface area contributed by atoms with E-state index in [-0.39, 0.29) is 0 Å². The Balaban J connectivity index is 1.20. The fourth-order valence-corrected chi connectivity index (χ4v) is 12.3. The van der Waals surface area contributed by atoms with Crippen molar-refractivity contribution in [2.75, 3.05) is 0 Å². The van der Waals surface area contributed by atoms with Crippen LogP contribution in [-0.2, 0) is 0 Å². The second-order valence-corrected chi connectivity index (χ2v) is 15.6. The topological polar surface area (TPSA) is 0 Å². The fraction of sp³-hybridized carbons (Fsp3) is 0.0667. The smallest absolute Gasteiger partial charge is 0.0542 e. The van der Waals surface area contributed by atoms with Crippen LogP contribution < -0.4 is 0 Å². The van der Waals surface area contributed by atoms with Gasteiger partial charge in [0.2, 0.25) is 0 Å². The van der Waals surface area contributed by atoms with Gasteiger partial charge in [-0.15, -0.1) is 68.0 Å². The fourth-order valence-electron chi connectivity index (χ4n) is 4.90. The Labute approximate surface area is 232 Å². The maximum Gasteiger partial charge on any atom is 0.0542 e. The quantitative estimate of drug-likeness (QED) is 0.198. The Hall–Kier alpha value is -2.32. The summed E-state index contributed by atoms with van der Waals surface area (Å²) in [5.41, 5.74) is 2.67. The van der Waals surface area contributed by atoms with E-state index < -0.39 is 0 Å². The molecule has 0 aliphatic rings. The summed E-state index contributed by atoms with van der Waals surface area (Å²) in [5.74, 6) is 0. The minimum atomic E-state index is 1.33. The Bertz CT molecular complexity index is 2060. The molecular weight excluding hydrogens is 553 g/mol. The van der Waals surface area contributed by atoms with Crippen LogP contribution in [0.4, 0.5) is 0 Å². The van der Waals surface area contributed by atoms with Crippen LogP contribution in [0.3, 0.4) is 0 Å². The van der Waals surface area contributed by atoms with Crippen molar-refractivity contribution >= 4 is 122 Å². The van der Waals surface area contributed by atoms with Gasteiger partial charge in [-0.05, 0) is 67.4 Å². The Morgan fingerprint density at radius 3 is 1.64 bits per heavy atom. The Morgan fingerprint density at radius 1 is 0.528 bits per heavy atom. The zero-order valence-electron chi connectivity index (χ0n) is 19.4. The summed E-state index contributed by atoms with van der Waals surface area (Å²) in [6.45, 7) is 4.27. The number of fused-ring (bicyclic) bond motifs is 7. The van der Waals surface area contributed by atoms with E-state index in [1.807, 2.05) is 68.0 Å². The lowest BCUT2D eigenvalue weighted by Crippen LogP contribution is -1.71. The molecule has 0 nitrogen and oxygen atoms in total. The van der Waals surface area contributed by atoms with E-state index in [1.165, 1.54) is 79.0 Å². The molecule has 0 saturated heterocycles. The lowest BCUT2D eigenvalue weighted by atomic mass is 10.1.